The van der Waals surface area contributed by atoms with Crippen molar-refractivity contribution in [3.05, 3.63) is 88.9 Å². The number of aromatic nitrogens is 2. The van der Waals surface area contributed by atoms with Crippen molar-refractivity contribution in [2.45, 2.75) is 38.6 Å². The molecular formula is C28H24N4O2. The largest absolute Gasteiger partial charge is 0.478 e. The number of hydrogen-bond acceptors (Lipinski definition) is 5. The molecule has 0 bridgehead atoms. The van der Waals surface area contributed by atoms with Crippen molar-refractivity contribution in [3.8, 4) is 17.2 Å². The average Bonchev–Trinajstić information content (AvgIpc) is 3.68. The Morgan fingerprint density at radius 3 is 2.71 bits per heavy atom. The molecule has 4 aromatic rings. The van der Waals surface area contributed by atoms with Crippen LogP contribution in [-0.4, -0.2) is 21.0 Å². The number of carboxylic acids is 1. The number of carboxylic acid groups (broad SMARTS) is 1. The number of nitrogens with zero attached hydrogens (tertiary/aromatic N) is 3. The number of pyridine rings is 2. The normalized spacial score (nSPS) is 13.9. The van der Waals surface area contributed by atoms with Crippen molar-refractivity contribution >= 4 is 22.6 Å². The number of benzene rings is 2. The number of rotatable bonds is 6. The molecule has 0 amide bonds. The molecule has 0 aliphatic heterocycles. The van der Waals surface area contributed by atoms with Crippen molar-refractivity contribution in [2.24, 2.45) is 0 Å². The molecule has 2 aromatic heterocycles. The highest BCUT2D eigenvalue weighted by atomic mass is 16.4. The first-order valence-corrected chi connectivity index (χ1v) is 11.3. The highest BCUT2D eigenvalue weighted by molar-refractivity contribution is 5.94. The lowest BCUT2D eigenvalue weighted by molar-refractivity contribution is 0.0698. The Morgan fingerprint density at radius 1 is 1.18 bits per heavy atom. The van der Waals surface area contributed by atoms with E-state index in [0.29, 0.717) is 17.3 Å². The minimum absolute atomic E-state index is 0.190. The topological polar surface area (TPSA) is 98.9 Å². The van der Waals surface area contributed by atoms with Crippen LogP contribution in [0.5, 0.6) is 0 Å². The molecule has 1 fully saturated rings. The van der Waals surface area contributed by atoms with Crippen LogP contribution in [0.4, 0.5) is 5.69 Å². The van der Waals surface area contributed by atoms with E-state index in [2.05, 4.69) is 28.5 Å². The molecule has 0 spiro atoms. The zero-order chi connectivity index (χ0) is 23.8. The van der Waals surface area contributed by atoms with Crippen molar-refractivity contribution < 1.29 is 9.90 Å². The van der Waals surface area contributed by atoms with Crippen LogP contribution in [0.1, 0.15) is 64.6 Å². The number of nitrogens with one attached hydrogen (secondary N) is 1. The molecule has 0 unspecified atom stereocenters. The monoisotopic (exact) mass is 448 g/mol. The van der Waals surface area contributed by atoms with E-state index in [1.807, 2.05) is 38.1 Å². The second-order valence-corrected chi connectivity index (χ2v) is 8.88. The summed E-state index contributed by atoms with van der Waals surface area (Å²) in [5, 5.41) is 23.7. The molecule has 2 N–H and O–H groups in total. The summed E-state index contributed by atoms with van der Waals surface area (Å²) in [7, 11) is 0. The fourth-order valence-electron chi connectivity index (χ4n) is 4.44. The number of hydrogen-bond donors (Lipinski definition) is 2. The summed E-state index contributed by atoms with van der Waals surface area (Å²) < 4.78 is 0. The molecule has 34 heavy (non-hydrogen) atoms. The van der Waals surface area contributed by atoms with Gasteiger partial charge in [-0.2, -0.15) is 5.26 Å². The van der Waals surface area contributed by atoms with Crippen LogP contribution in [0.25, 0.3) is 22.0 Å². The van der Waals surface area contributed by atoms with Crippen molar-refractivity contribution in [2.75, 3.05) is 5.32 Å². The number of anilines is 1. The van der Waals surface area contributed by atoms with Crippen LogP contribution in [0, 0.1) is 18.3 Å². The molecule has 6 nitrogen and oxygen atoms in total. The van der Waals surface area contributed by atoms with Gasteiger partial charge < -0.3 is 10.4 Å². The molecule has 5 rings (SSSR count). The number of fused-ring (bicyclic) bond motifs is 1. The summed E-state index contributed by atoms with van der Waals surface area (Å²) in [4.78, 5) is 20.9. The summed E-state index contributed by atoms with van der Waals surface area (Å²) in [6.45, 7) is 4.00. The van der Waals surface area contributed by atoms with Gasteiger partial charge in [0.05, 0.1) is 11.1 Å². The third-order valence-electron chi connectivity index (χ3n) is 6.30. The van der Waals surface area contributed by atoms with E-state index < -0.39 is 5.97 Å². The van der Waals surface area contributed by atoms with Crippen LogP contribution in [0.2, 0.25) is 0 Å². The van der Waals surface area contributed by atoms with Gasteiger partial charge in [-0.1, -0.05) is 18.2 Å². The van der Waals surface area contributed by atoms with Crippen LogP contribution < -0.4 is 5.32 Å². The molecule has 0 radical (unpaired) electrons. The molecule has 0 saturated heterocycles. The van der Waals surface area contributed by atoms with E-state index in [0.717, 1.165) is 51.7 Å². The summed E-state index contributed by atoms with van der Waals surface area (Å²) in [5.41, 5.74) is 6.69. The van der Waals surface area contributed by atoms with Gasteiger partial charge in [-0.3, -0.25) is 4.98 Å². The Kier molecular flexibility index (Phi) is 5.46. The van der Waals surface area contributed by atoms with Gasteiger partial charge in [-0.15, -0.1) is 0 Å². The molecule has 1 atom stereocenters. The second-order valence-electron chi connectivity index (χ2n) is 8.88. The Bertz CT molecular complexity index is 1470. The molecule has 6 heteroatoms. The molecular weight excluding hydrogens is 424 g/mol. The van der Waals surface area contributed by atoms with Gasteiger partial charge in [0.25, 0.3) is 0 Å². The Hall–Kier alpha value is -4.24. The number of para-hydroxylation sites is 1. The standard InChI is InChI=1S/C28H24N4O2/c1-16-11-21(17(2)31-24-6-4-3-5-20(24)28(33)34)23-14-22(27(15-29)32-26(23)12-16)19-9-10-30-25(13-19)18-7-8-18/h3-6,9-14,17-18,31H,7-8H2,1-2H3,(H,33,34)/t17-/m0/s1. The van der Waals surface area contributed by atoms with Crippen LogP contribution >= 0.6 is 0 Å². The first-order chi connectivity index (χ1) is 16.4. The van der Waals surface area contributed by atoms with Crippen LogP contribution in [-0.2, 0) is 0 Å². The first-order valence-electron chi connectivity index (χ1n) is 11.3. The van der Waals surface area contributed by atoms with Gasteiger partial charge in [0.2, 0.25) is 0 Å². The average molecular weight is 449 g/mol. The quantitative estimate of drug-likeness (QED) is 0.363. The maximum atomic E-state index is 11.7. The Morgan fingerprint density at radius 2 is 1.97 bits per heavy atom. The summed E-state index contributed by atoms with van der Waals surface area (Å²) in [6.07, 6.45) is 4.11. The zero-order valence-electron chi connectivity index (χ0n) is 19.0. The van der Waals surface area contributed by atoms with E-state index in [4.69, 9.17) is 4.98 Å². The maximum absolute atomic E-state index is 11.7. The SMILES string of the molecule is Cc1cc([C@H](C)Nc2ccccc2C(=O)O)c2cc(-c3ccnc(C4CC4)c3)c(C#N)nc2c1. The van der Waals surface area contributed by atoms with Crippen molar-refractivity contribution in [1.82, 2.24) is 9.97 Å². The number of nitriles is 1. The minimum atomic E-state index is -0.976. The molecule has 1 saturated carbocycles. The molecule has 1 aliphatic rings. The van der Waals surface area contributed by atoms with E-state index in [9.17, 15) is 15.2 Å². The minimum Gasteiger partial charge on any atom is -0.478 e. The van der Waals surface area contributed by atoms with Crippen LogP contribution in [0.15, 0.2) is 60.8 Å². The van der Waals surface area contributed by atoms with E-state index >= 15 is 0 Å². The van der Waals surface area contributed by atoms with E-state index in [-0.39, 0.29) is 11.6 Å². The highest BCUT2D eigenvalue weighted by Gasteiger charge is 2.25. The Balaban J connectivity index is 1.63. The van der Waals surface area contributed by atoms with Gasteiger partial charge in [0, 0.05) is 40.5 Å². The van der Waals surface area contributed by atoms with E-state index in [1.165, 1.54) is 0 Å². The predicted octanol–water partition coefficient (Wildman–Crippen LogP) is 6.23. The van der Waals surface area contributed by atoms with Crippen molar-refractivity contribution in [1.29, 1.82) is 5.26 Å². The van der Waals surface area contributed by atoms with Crippen molar-refractivity contribution in [3.63, 3.8) is 0 Å². The molecule has 2 heterocycles. The third-order valence-corrected chi connectivity index (χ3v) is 6.30. The number of carbonyl (C=O) groups is 1. The van der Waals surface area contributed by atoms with Crippen LogP contribution in [0.3, 0.4) is 0 Å². The Labute approximate surface area is 197 Å². The number of aromatic carboxylic acids is 1. The fraction of sp³-hybridized carbons (Fsp3) is 0.214. The smallest absolute Gasteiger partial charge is 0.337 e. The number of aryl methyl sites for hydroxylation is 1. The maximum Gasteiger partial charge on any atom is 0.337 e. The second kappa shape index (κ2) is 8.60. The lowest BCUT2D eigenvalue weighted by Gasteiger charge is -2.20. The molecule has 2 aromatic carbocycles. The summed E-state index contributed by atoms with van der Waals surface area (Å²) in [5.74, 6) is -0.466. The van der Waals surface area contributed by atoms with Gasteiger partial charge >= 0.3 is 5.97 Å². The predicted molar refractivity (Wildman–Crippen MR) is 132 cm³/mol. The lowest BCUT2D eigenvalue weighted by atomic mass is 9.95. The lowest BCUT2D eigenvalue weighted by Crippen LogP contribution is -2.11. The summed E-state index contributed by atoms with van der Waals surface area (Å²) >= 11 is 0. The first kappa shape index (κ1) is 21.6. The molecule has 168 valence electrons. The third kappa shape index (κ3) is 4.08. The zero-order valence-corrected chi connectivity index (χ0v) is 19.0. The van der Waals surface area contributed by atoms with Gasteiger partial charge in [-0.25, -0.2) is 9.78 Å². The van der Waals surface area contributed by atoms with Gasteiger partial charge in [-0.05, 0) is 79.8 Å². The fourth-order valence-corrected chi connectivity index (χ4v) is 4.44. The highest BCUT2D eigenvalue weighted by Crippen LogP contribution is 2.40. The van der Waals surface area contributed by atoms with Gasteiger partial charge in [0.15, 0.2) is 0 Å². The van der Waals surface area contributed by atoms with E-state index in [1.54, 1.807) is 24.4 Å². The van der Waals surface area contributed by atoms with Gasteiger partial charge in [0.1, 0.15) is 11.8 Å². The summed E-state index contributed by atoms with van der Waals surface area (Å²) in [6, 6.07) is 19.1. The molecule has 1 aliphatic carbocycles.